The molecule has 0 aliphatic rings. The van der Waals surface area contributed by atoms with Crippen molar-refractivity contribution in [1.29, 1.82) is 0 Å². The molecule has 5 heteroatoms. The summed E-state index contributed by atoms with van der Waals surface area (Å²) in [4.78, 5) is 0. The maximum Gasteiger partial charge on any atom is 0.101 e. The standard InChI is InChI=1S/C31H59NO3S/c1-4-7-10-13-16-19-22-27-32(30-25-26-31-36(33,34)35,28-23-20-17-14-11-8-5-2)29-24-21-18-15-12-9-6-3/h22-24,27-29H,4-21,25-26,30-31H2,1-3H3/b27-22+,28-23+,29-24+. The van der Waals surface area contributed by atoms with Gasteiger partial charge < -0.3 is 4.55 Å². The maximum atomic E-state index is 11.1. The highest BCUT2D eigenvalue weighted by atomic mass is 32.2. The lowest BCUT2D eigenvalue weighted by molar-refractivity contribution is -0.774. The molecular weight excluding hydrogens is 466 g/mol. The van der Waals surface area contributed by atoms with Gasteiger partial charge in [-0.25, -0.2) is 12.9 Å². The van der Waals surface area contributed by atoms with Gasteiger partial charge in [-0.15, -0.1) is 0 Å². The van der Waals surface area contributed by atoms with Crippen LogP contribution >= 0.6 is 0 Å². The third kappa shape index (κ3) is 23.5. The molecule has 0 amide bonds. The molecule has 0 fully saturated rings. The van der Waals surface area contributed by atoms with Crippen molar-refractivity contribution in [2.45, 2.75) is 149 Å². The summed E-state index contributed by atoms with van der Waals surface area (Å²) < 4.78 is 34.0. The highest BCUT2D eigenvalue weighted by Gasteiger charge is 2.18. The van der Waals surface area contributed by atoms with Crippen LogP contribution in [0.5, 0.6) is 0 Å². The molecule has 0 N–H and O–H groups in total. The van der Waals surface area contributed by atoms with Gasteiger partial charge in [0.15, 0.2) is 0 Å². The fraction of sp³-hybridized carbons (Fsp3) is 0.806. The van der Waals surface area contributed by atoms with Gasteiger partial charge in [-0.3, -0.25) is 0 Å². The van der Waals surface area contributed by atoms with E-state index in [-0.39, 0.29) is 5.75 Å². The lowest BCUT2D eigenvalue weighted by atomic mass is 10.1. The second-order valence-corrected chi connectivity index (χ2v) is 12.0. The summed E-state index contributed by atoms with van der Waals surface area (Å²) in [6, 6.07) is 0. The van der Waals surface area contributed by atoms with Crippen LogP contribution in [0, 0.1) is 0 Å². The summed E-state index contributed by atoms with van der Waals surface area (Å²) in [6.45, 7) is 7.53. The third-order valence-electron chi connectivity index (χ3n) is 6.76. The molecule has 36 heavy (non-hydrogen) atoms. The Bertz CT molecular complexity index is 607. The zero-order chi connectivity index (χ0) is 26.8. The van der Waals surface area contributed by atoms with Crippen LogP contribution in [-0.4, -0.2) is 29.8 Å². The number of rotatable bonds is 26. The average Bonchev–Trinajstić information content (AvgIpc) is 2.84. The van der Waals surface area contributed by atoms with Gasteiger partial charge in [0.05, 0.1) is 16.7 Å². The molecule has 0 rings (SSSR count). The molecule has 212 valence electrons. The molecule has 0 atom stereocenters. The largest absolute Gasteiger partial charge is 0.748 e. The topological polar surface area (TPSA) is 57.2 Å². The molecule has 0 aliphatic heterocycles. The van der Waals surface area contributed by atoms with Gasteiger partial charge in [0.1, 0.15) is 18.6 Å². The average molecular weight is 526 g/mol. The molecule has 0 bridgehead atoms. The molecule has 0 aromatic heterocycles. The molecule has 0 aromatic rings. The third-order valence-corrected chi connectivity index (χ3v) is 7.55. The van der Waals surface area contributed by atoms with Crippen LogP contribution in [0.25, 0.3) is 0 Å². The number of allylic oxidation sites excluding steroid dienone is 3. The summed E-state index contributed by atoms with van der Waals surface area (Å²) in [5.74, 6) is -0.267. The van der Waals surface area contributed by atoms with Gasteiger partial charge in [-0.2, -0.15) is 0 Å². The normalized spacial score (nSPS) is 13.1. The highest BCUT2D eigenvalue weighted by Crippen LogP contribution is 2.19. The fourth-order valence-electron chi connectivity index (χ4n) is 4.45. The lowest BCUT2D eigenvalue weighted by Gasteiger charge is -2.27. The molecule has 0 saturated carbocycles. The van der Waals surface area contributed by atoms with Gasteiger partial charge in [-0.05, 0) is 69.6 Å². The van der Waals surface area contributed by atoms with Crippen molar-refractivity contribution in [2.75, 3.05) is 12.3 Å². The van der Waals surface area contributed by atoms with Crippen LogP contribution in [0.15, 0.2) is 36.8 Å². The Morgan fingerprint density at radius 3 is 1.22 bits per heavy atom. The van der Waals surface area contributed by atoms with E-state index in [0.717, 1.165) is 25.8 Å². The van der Waals surface area contributed by atoms with Crippen molar-refractivity contribution in [3.63, 3.8) is 0 Å². The van der Waals surface area contributed by atoms with E-state index in [2.05, 4.69) is 57.6 Å². The van der Waals surface area contributed by atoms with Crippen LogP contribution in [0.3, 0.4) is 0 Å². The number of hydrogen-bond donors (Lipinski definition) is 0. The van der Waals surface area contributed by atoms with E-state index in [1.807, 2.05) is 0 Å². The van der Waals surface area contributed by atoms with Gasteiger partial charge in [-0.1, -0.05) is 97.8 Å². The van der Waals surface area contributed by atoms with Gasteiger partial charge in [0, 0.05) is 5.75 Å². The lowest BCUT2D eigenvalue weighted by Crippen LogP contribution is -2.32. The Morgan fingerprint density at radius 2 is 0.889 bits per heavy atom. The van der Waals surface area contributed by atoms with Crippen LogP contribution in [0.2, 0.25) is 0 Å². The second kappa shape index (κ2) is 24.4. The predicted octanol–water partition coefficient (Wildman–Crippen LogP) is 9.75. The van der Waals surface area contributed by atoms with Crippen LogP contribution < -0.4 is 0 Å². The Labute approximate surface area is 225 Å². The number of hydrogen-bond acceptors (Lipinski definition) is 3. The quantitative estimate of drug-likeness (QED) is 0.0641. The Hall–Kier alpha value is -0.910. The smallest absolute Gasteiger partial charge is 0.101 e. The van der Waals surface area contributed by atoms with Gasteiger partial charge >= 0.3 is 0 Å². The van der Waals surface area contributed by atoms with Gasteiger partial charge in [0.2, 0.25) is 0 Å². The first-order valence-electron chi connectivity index (χ1n) is 15.2. The van der Waals surface area contributed by atoms with Crippen molar-refractivity contribution >= 4 is 10.1 Å². The predicted molar refractivity (Wildman–Crippen MR) is 156 cm³/mol. The molecule has 0 aliphatic carbocycles. The number of unbranched alkanes of at least 4 members (excludes halogenated alkanes) is 16. The van der Waals surface area contributed by atoms with E-state index in [1.54, 1.807) is 0 Å². The van der Waals surface area contributed by atoms with E-state index < -0.39 is 10.1 Å². The molecule has 0 spiro atoms. The first-order chi connectivity index (χ1) is 17.4. The molecule has 0 radical (unpaired) electrons. The van der Waals surface area contributed by atoms with Crippen molar-refractivity contribution < 1.29 is 17.5 Å². The summed E-state index contributed by atoms with van der Waals surface area (Å²) in [5.41, 5.74) is 0. The van der Waals surface area contributed by atoms with E-state index in [9.17, 15) is 13.0 Å². The maximum absolute atomic E-state index is 11.1. The SMILES string of the molecule is CCCCCCC/C=C/[N+](/C=C/CCCCCCC)(/C=C/CCCCCCC)CCCCS(=O)(=O)[O-]. The number of nitrogens with zero attached hydrogens (tertiary/aromatic N) is 1. The molecule has 0 unspecified atom stereocenters. The fourth-order valence-corrected chi connectivity index (χ4v) is 5.00. The second-order valence-electron chi connectivity index (χ2n) is 10.5. The molecule has 4 nitrogen and oxygen atoms in total. The Balaban J connectivity index is 5.27. The van der Waals surface area contributed by atoms with E-state index in [1.165, 1.54) is 96.3 Å². The molecular formula is C31H59NO3S. The van der Waals surface area contributed by atoms with E-state index in [4.69, 9.17) is 0 Å². The number of quaternary nitrogens is 1. The molecule has 0 heterocycles. The summed E-state index contributed by atoms with van der Waals surface area (Å²) >= 11 is 0. The minimum absolute atomic E-state index is 0.267. The minimum atomic E-state index is -4.15. The summed E-state index contributed by atoms with van der Waals surface area (Å²) in [6.07, 6.45) is 37.3. The Morgan fingerprint density at radius 1 is 0.528 bits per heavy atom. The Kier molecular flexibility index (Phi) is 23.8. The van der Waals surface area contributed by atoms with Crippen molar-refractivity contribution in [3.8, 4) is 0 Å². The van der Waals surface area contributed by atoms with Crippen molar-refractivity contribution in [1.82, 2.24) is 0 Å². The highest BCUT2D eigenvalue weighted by molar-refractivity contribution is 7.85. The first-order valence-corrected chi connectivity index (χ1v) is 16.8. The van der Waals surface area contributed by atoms with Crippen LogP contribution in [-0.2, 0) is 10.1 Å². The zero-order valence-electron chi connectivity index (χ0n) is 24.1. The first kappa shape index (κ1) is 35.1. The van der Waals surface area contributed by atoms with E-state index >= 15 is 0 Å². The summed E-state index contributed by atoms with van der Waals surface area (Å²) in [5, 5.41) is 0. The van der Waals surface area contributed by atoms with Crippen LogP contribution in [0.4, 0.5) is 0 Å². The van der Waals surface area contributed by atoms with E-state index in [0.29, 0.717) is 17.3 Å². The van der Waals surface area contributed by atoms with Crippen LogP contribution in [0.1, 0.15) is 149 Å². The van der Waals surface area contributed by atoms with Crippen molar-refractivity contribution in [2.24, 2.45) is 0 Å². The van der Waals surface area contributed by atoms with Crippen molar-refractivity contribution in [3.05, 3.63) is 36.8 Å². The van der Waals surface area contributed by atoms with Gasteiger partial charge in [0.25, 0.3) is 0 Å². The molecule has 0 saturated heterocycles. The molecule has 0 aromatic carbocycles. The monoisotopic (exact) mass is 525 g/mol. The summed E-state index contributed by atoms with van der Waals surface area (Å²) in [7, 11) is -4.15. The zero-order valence-corrected chi connectivity index (χ0v) is 24.9. The minimum Gasteiger partial charge on any atom is -0.748 e.